The molecule has 0 bridgehead atoms. The first kappa shape index (κ1) is 20.4. The SMILES string of the molecule is CC(C)c1cc(C(=O)Nc2nnc(SCc3ccc(F)cc3)s2)c2ccccc2n1. The Hall–Kier alpha value is -2.84. The van der Waals surface area contributed by atoms with Crippen LogP contribution in [0, 0.1) is 5.82 Å². The van der Waals surface area contributed by atoms with Gasteiger partial charge in [0.25, 0.3) is 5.91 Å². The maximum atomic E-state index is 13.0. The van der Waals surface area contributed by atoms with E-state index in [4.69, 9.17) is 0 Å². The second-order valence-corrected chi connectivity index (χ2v) is 9.21. The minimum Gasteiger partial charge on any atom is -0.296 e. The van der Waals surface area contributed by atoms with Gasteiger partial charge in [-0.05, 0) is 35.7 Å². The number of hydrogen-bond acceptors (Lipinski definition) is 6. The van der Waals surface area contributed by atoms with Gasteiger partial charge in [0.15, 0.2) is 4.34 Å². The molecule has 0 aliphatic carbocycles. The number of anilines is 1. The molecule has 0 atom stereocenters. The Kier molecular flexibility index (Phi) is 6.06. The van der Waals surface area contributed by atoms with Crippen molar-refractivity contribution in [2.24, 2.45) is 0 Å². The molecule has 30 heavy (non-hydrogen) atoms. The van der Waals surface area contributed by atoms with Crippen molar-refractivity contribution in [3.8, 4) is 0 Å². The summed E-state index contributed by atoms with van der Waals surface area (Å²) < 4.78 is 13.7. The number of nitrogens with one attached hydrogen (secondary N) is 1. The smallest absolute Gasteiger partial charge is 0.258 e. The van der Waals surface area contributed by atoms with Crippen LogP contribution in [0.1, 0.15) is 41.4 Å². The second-order valence-electron chi connectivity index (χ2n) is 7.01. The number of thioether (sulfide) groups is 1. The highest BCUT2D eigenvalue weighted by Crippen LogP contribution is 2.29. The summed E-state index contributed by atoms with van der Waals surface area (Å²) in [5, 5.41) is 12.3. The van der Waals surface area contributed by atoms with E-state index in [1.165, 1.54) is 35.2 Å². The molecule has 8 heteroatoms. The number of nitrogens with zero attached hydrogens (tertiary/aromatic N) is 3. The van der Waals surface area contributed by atoms with E-state index in [2.05, 4.69) is 20.5 Å². The first-order valence-electron chi connectivity index (χ1n) is 9.41. The molecule has 0 fully saturated rings. The summed E-state index contributed by atoms with van der Waals surface area (Å²) in [5.74, 6) is 0.364. The third-order valence-corrected chi connectivity index (χ3v) is 6.52. The Labute approximate surface area is 181 Å². The number of para-hydroxylation sites is 1. The highest BCUT2D eigenvalue weighted by atomic mass is 32.2. The number of halogens is 1. The number of benzene rings is 2. The van der Waals surface area contributed by atoms with E-state index in [-0.39, 0.29) is 17.6 Å². The van der Waals surface area contributed by atoms with Crippen LogP contribution >= 0.6 is 23.1 Å². The quantitative estimate of drug-likeness (QED) is 0.300. The second kappa shape index (κ2) is 8.89. The lowest BCUT2D eigenvalue weighted by atomic mass is 10.0. The van der Waals surface area contributed by atoms with Crippen LogP contribution in [0.3, 0.4) is 0 Å². The minimum absolute atomic E-state index is 0.206. The summed E-state index contributed by atoms with van der Waals surface area (Å²) >= 11 is 2.81. The lowest BCUT2D eigenvalue weighted by molar-refractivity contribution is 0.102. The molecule has 1 N–H and O–H groups in total. The van der Waals surface area contributed by atoms with Crippen LogP contribution < -0.4 is 5.32 Å². The molecule has 2 heterocycles. The Morgan fingerprint density at radius 2 is 1.90 bits per heavy atom. The maximum absolute atomic E-state index is 13.0. The van der Waals surface area contributed by atoms with Gasteiger partial charge in [-0.25, -0.2) is 4.39 Å². The first-order chi connectivity index (χ1) is 14.5. The summed E-state index contributed by atoms with van der Waals surface area (Å²) in [4.78, 5) is 17.6. The molecule has 2 aromatic carbocycles. The summed E-state index contributed by atoms with van der Waals surface area (Å²) in [6, 6.07) is 15.8. The molecule has 0 unspecified atom stereocenters. The number of carbonyl (C=O) groups excluding carboxylic acids is 1. The Morgan fingerprint density at radius 1 is 1.13 bits per heavy atom. The van der Waals surface area contributed by atoms with Crippen LogP contribution in [-0.2, 0) is 5.75 Å². The van der Waals surface area contributed by atoms with Gasteiger partial charge < -0.3 is 0 Å². The minimum atomic E-state index is -0.256. The van der Waals surface area contributed by atoms with Gasteiger partial charge in [0.05, 0.1) is 11.1 Å². The Bertz CT molecular complexity index is 1190. The zero-order chi connectivity index (χ0) is 21.1. The molecule has 152 valence electrons. The lowest BCUT2D eigenvalue weighted by Crippen LogP contribution is -2.13. The number of pyridine rings is 1. The van der Waals surface area contributed by atoms with Gasteiger partial charge in [-0.2, -0.15) is 0 Å². The fraction of sp³-hybridized carbons (Fsp3) is 0.182. The van der Waals surface area contributed by atoms with Gasteiger partial charge in [0.1, 0.15) is 5.82 Å². The van der Waals surface area contributed by atoms with Gasteiger partial charge in [-0.1, -0.05) is 67.3 Å². The molecule has 0 saturated heterocycles. The highest BCUT2D eigenvalue weighted by molar-refractivity contribution is 8.00. The highest BCUT2D eigenvalue weighted by Gasteiger charge is 2.16. The fourth-order valence-corrected chi connectivity index (χ4v) is 4.59. The average Bonchev–Trinajstić information content (AvgIpc) is 3.19. The summed E-state index contributed by atoms with van der Waals surface area (Å²) in [7, 11) is 0. The number of carbonyl (C=O) groups is 1. The zero-order valence-electron chi connectivity index (χ0n) is 16.4. The molecular weight excluding hydrogens is 419 g/mol. The Balaban J connectivity index is 1.50. The van der Waals surface area contributed by atoms with Crippen molar-refractivity contribution >= 4 is 45.0 Å². The maximum Gasteiger partial charge on any atom is 0.258 e. The van der Waals surface area contributed by atoms with E-state index >= 15 is 0 Å². The van der Waals surface area contributed by atoms with Crippen molar-refractivity contribution in [2.75, 3.05) is 5.32 Å². The normalized spacial score (nSPS) is 11.2. The van der Waals surface area contributed by atoms with Crippen molar-refractivity contribution in [1.29, 1.82) is 0 Å². The molecule has 0 aliphatic rings. The van der Waals surface area contributed by atoms with Crippen LogP contribution in [0.25, 0.3) is 10.9 Å². The molecule has 0 spiro atoms. The van der Waals surface area contributed by atoms with E-state index in [0.717, 1.165) is 26.5 Å². The number of fused-ring (bicyclic) bond motifs is 1. The van der Waals surface area contributed by atoms with Crippen molar-refractivity contribution in [2.45, 2.75) is 29.9 Å². The van der Waals surface area contributed by atoms with Crippen molar-refractivity contribution < 1.29 is 9.18 Å². The van der Waals surface area contributed by atoms with Gasteiger partial charge in [0.2, 0.25) is 5.13 Å². The van der Waals surface area contributed by atoms with Crippen molar-refractivity contribution in [3.63, 3.8) is 0 Å². The number of aromatic nitrogens is 3. The van der Waals surface area contributed by atoms with Crippen LogP contribution in [0.2, 0.25) is 0 Å². The third kappa shape index (κ3) is 4.66. The predicted octanol–water partition coefficient (Wildman–Crippen LogP) is 5.89. The average molecular weight is 439 g/mol. The lowest BCUT2D eigenvalue weighted by Gasteiger charge is -2.11. The van der Waals surface area contributed by atoms with Gasteiger partial charge in [0, 0.05) is 16.8 Å². The number of rotatable bonds is 6. The van der Waals surface area contributed by atoms with Crippen LogP contribution in [0.15, 0.2) is 58.9 Å². The summed E-state index contributed by atoms with van der Waals surface area (Å²) in [5.41, 5.74) is 3.22. The molecule has 4 rings (SSSR count). The van der Waals surface area contributed by atoms with Gasteiger partial charge in [-0.3, -0.25) is 15.1 Å². The van der Waals surface area contributed by atoms with Crippen LogP contribution in [0.4, 0.5) is 9.52 Å². The molecule has 0 radical (unpaired) electrons. The summed E-state index contributed by atoms with van der Waals surface area (Å²) in [6.07, 6.45) is 0. The van der Waals surface area contributed by atoms with E-state index in [1.807, 2.05) is 44.2 Å². The molecule has 1 amide bonds. The molecular formula is C22H19FN4OS2. The van der Waals surface area contributed by atoms with Crippen LogP contribution in [-0.4, -0.2) is 21.1 Å². The van der Waals surface area contributed by atoms with E-state index in [1.54, 1.807) is 12.1 Å². The number of amides is 1. The van der Waals surface area contributed by atoms with Crippen molar-refractivity contribution in [1.82, 2.24) is 15.2 Å². The largest absolute Gasteiger partial charge is 0.296 e. The molecule has 5 nitrogen and oxygen atoms in total. The topological polar surface area (TPSA) is 67.8 Å². The fourth-order valence-electron chi connectivity index (χ4n) is 2.89. The molecule has 4 aromatic rings. The third-order valence-electron chi connectivity index (χ3n) is 4.47. The monoisotopic (exact) mass is 438 g/mol. The number of hydrogen-bond donors (Lipinski definition) is 1. The molecule has 2 aromatic heterocycles. The van der Waals surface area contributed by atoms with Crippen LogP contribution in [0.5, 0.6) is 0 Å². The predicted molar refractivity (Wildman–Crippen MR) is 120 cm³/mol. The zero-order valence-corrected chi connectivity index (χ0v) is 18.1. The van der Waals surface area contributed by atoms with E-state index in [9.17, 15) is 9.18 Å². The molecule has 0 aliphatic heterocycles. The van der Waals surface area contributed by atoms with E-state index in [0.29, 0.717) is 16.4 Å². The summed E-state index contributed by atoms with van der Waals surface area (Å²) in [6.45, 7) is 4.10. The molecule has 0 saturated carbocycles. The standard InChI is InChI=1S/C22H19FN4OS2/c1-13(2)19-11-17(16-5-3-4-6-18(16)24-19)20(28)25-21-26-27-22(30-21)29-12-14-7-9-15(23)10-8-14/h3-11,13H,12H2,1-2H3,(H,25,26,28). The van der Waals surface area contributed by atoms with E-state index < -0.39 is 0 Å². The van der Waals surface area contributed by atoms with Gasteiger partial charge in [-0.15, -0.1) is 10.2 Å². The first-order valence-corrected chi connectivity index (χ1v) is 11.2. The van der Waals surface area contributed by atoms with Crippen molar-refractivity contribution in [3.05, 3.63) is 77.2 Å². The van der Waals surface area contributed by atoms with Gasteiger partial charge >= 0.3 is 0 Å². The Morgan fingerprint density at radius 3 is 2.67 bits per heavy atom.